The second kappa shape index (κ2) is 10.8. The molecule has 0 aliphatic carbocycles. The zero-order valence-electron chi connectivity index (χ0n) is 19.3. The van der Waals surface area contributed by atoms with Crippen LogP contribution in [0, 0.1) is 12.7 Å². The monoisotopic (exact) mass is 490 g/mol. The maximum Gasteiger partial charge on any atom is 0.256 e. The molecule has 0 fully saturated rings. The molecule has 0 radical (unpaired) electrons. The zero-order chi connectivity index (χ0) is 24.8. The fraction of sp³-hybridized carbons (Fsp3) is 0.115. The first-order chi connectivity index (χ1) is 17.0. The van der Waals surface area contributed by atoms with Crippen LogP contribution in [0.4, 0.5) is 14.5 Å². The Morgan fingerprint density at radius 1 is 1.03 bits per heavy atom. The number of hydrogen-bond acceptors (Lipinski definition) is 7. The Bertz CT molecular complexity index is 1350. The molecule has 1 aromatic heterocycles. The van der Waals surface area contributed by atoms with E-state index in [9.17, 15) is 9.18 Å². The molecule has 1 amide bonds. The largest absolute Gasteiger partial charge is 0.497 e. The molecular weight excluding hydrogens is 467 g/mol. The van der Waals surface area contributed by atoms with Gasteiger partial charge in [-0.05, 0) is 43.3 Å². The number of hydrazone groups is 1. The van der Waals surface area contributed by atoms with Crippen LogP contribution < -0.4 is 20.2 Å². The van der Waals surface area contributed by atoms with Gasteiger partial charge in [0.1, 0.15) is 28.0 Å². The molecule has 178 valence electrons. The minimum Gasteiger partial charge on any atom is -0.497 e. The van der Waals surface area contributed by atoms with Gasteiger partial charge in [-0.2, -0.15) is 5.10 Å². The fourth-order valence-corrected chi connectivity index (χ4v) is 4.05. The number of benzene rings is 3. The third-order valence-corrected chi connectivity index (χ3v) is 5.97. The number of aromatic nitrogens is 1. The first-order valence-corrected chi connectivity index (χ1v) is 11.4. The lowest BCUT2D eigenvalue weighted by Gasteiger charge is -2.06. The molecule has 0 atom stereocenters. The van der Waals surface area contributed by atoms with Gasteiger partial charge >= 0.3 is 0 Å². The van der Waals surface area contributed by atoms with Gasteiger partial charge in [-0.3, -0.25) is 10.2 Å². The normalized spacial score (nSPS) is 10.9. The molecule has 2 N–H and O–H groups in total. The Hall–Kier alpha value is -4.24. The van der Waals surface area contributed by atoms with Crippen molar-refractivity contribution in [3.8, 4) is 22.8 Å². The highest BCUT2D eigenvalue weighted by atomic mass is 32.1. The van der Waals surface area contributed by atoms with Crippen LogP contribution >= 0.6 is 11.3 Å². The lowest BCUT2D eigenvalue weighted by Crippen LogP contribution is -2.11. The van der Waals surface area contributed by atoms with Crippen molar-refractivity contribution in [3.05, 3.63) is 89.2 Å². The summed E-state index contributed by atoms with van der Waals surface area (Å²) in [5.41, 5.74) is 6.57. The lowest BCUT2D eigenvalue weighted by molar-refractivity contribution is 0.102. The van der Waals surface area contributed by atoms with Crippen LogP contribution in [0.15, 0.2) is 71.8 Å². The van der Waals surface area contributed by atoms with Crippen molar-refractivity contribution in [1.29, 1.82) is 0 Å². The number of carbonyl (C=O) groups is 1. The van der Waals surface area contributed by atoms with Gasteiger partial charge in [-0.15, -0.1) is 0 Å². The molecule has 3 aromatic carbocycles. The predicted octanol–water partition coefficient (Wildman–Crippen LogP) is 5.97. The second-order valence-corrected chi connectivity index (χ2v) is 8.50. The summed E-state index contributed by atoms with van der Waals surface area (Å²) in [6.07, 6.45) is 1.61. The SMILES string of the molecule is COc1ccc(/C=N\Nc2nc(-c3ccc(C)cc3)c(NC(=O)c3ccc(F)cc3)s2)c(OC)c1. The van der Waals surface area contributed by atoms with Crippen LogP contribution in [0.3, 0.4) is 0 Å². The van der Waals surface area contributed by atoms with Crippen LogP contribution in [0.2, 0.25) is 0 Å². The Balaban J connectivity index is 1.59. The quantitative estimate of drug-likeness (QED) is 0.235. The van der Waals surface area contributed by atoms with Gasteiger partial charge in [0.2, 0.25) is 5.13 Å². The van der Waals surface area contributed by atoms with E-state index < -0.39 is 5.82 Å². The molecule has 0 unspecified atom stereocenters. The first kappa shape index (κ1) is 23.9. The van der Waals surface area contributed by atoms with E-state index in [1.807, 2.05) is 43.3 Å². The number of methoxy groups -OCH3 is 2. The van der Waals surface area contributed by atoms with Crippen molar-refractivity contribution >= 4 is 33.6 Å². The average Bonchev–Trinajstić information content (AvgIpc) is 3.27. The number of ether oxygens (including phenoxy) is 2. The molecule has 0 aliphatic rings. The summed E-state index contributed by atoms with van der Waals surface area (Å²) in [5, 5.41) is 8.20. The zero-order valence-corrected chi connectivity index (χ0v) is 20.2. The molecule has 9 heteroatoms. The third kappa shape index (κ3) is 5.82. The Kier molecular flexibility index (Phi) is 7.37. The third-order valence-electron chi connectivity index (χ3n) is 5.09. The number of halogens is 1. The van der Waals surface area contributed by atoms with Crippen LogP contribution in [-0.4, -0.2) is 31.3 Å². The maximum atomic E-state index is 13.2. The molecule has 0 saturated carbocycles. The Labute approximate surface area is 206 Å². The molecule has 0 saturated heterocycles. The summed E-state index contributed by atoms with van der Waals surface area (Å²) in [7, 11) is 3.16. The second-order valence-electron chi connectivity index (χ2n) is 7.50. The topological polar surface area (TPSA) is 84.8 Å². The van der Waals surface area contributed by atoms with Crippen molar-refractivity contribution < 1.29 is 18.7 Å². The number of rotatable bonds is 8. The molecule has 35 heavy (non-hydrogen) atoms. The van der Waals surface area contributed by atoms with E-state index in [1.165, 1.54) is 35.6 Å². The number of aryl methyl sites for hydroxylation is 1. The minimum atomic E-state index is -0.405. The van der Waals surface area contributed by atoms with E-state index in [1.54, 1.807) is 26.5 Å². The van der Waals surface area contributed by atoms with E-state index in [4.69, 9.17) is 9.47 Å². The highest BCUT2D eigenvalue weighted by Gasteiger charge is 2.17. The van der Waals surface area contributed by atoms with Crippen LogP contribution in [0.25, 0.3) is 11.3 Å². The number of hydrogen-bond donors (Lipinski definition) is 2. The van der Waals surface area contributed by atoms with E-state index in [2.05, 4.69) is 20.8 Å². The maximum absolute atomic E-state index is 13.2. The first-order valence-electron chi connectivity index (χ1n) is 10.6. The number of nitrogens with zero attached hydrogens (tertiary/aromatic N) is 2. The Morgan fingerprint density at radius 3 is 2.46 bits per heavy atom. The number of anilines is 2. The van der Waals surface area contributed by atoms with Crippen molar-refractivity contribution in [1.82, 2.24) is 4.98 Å². The van der Waals surface area contributed by atoms with Gasteiger partial charge in [0.25, 0.3) is 5.91 Å². The number of thiazole rings is 1. The van der Waals surface area contributed by atoms with Crippen LogP contribution in [0.5, 0.6) is 11.5 Å². The molecular formula is C26H23FN4O3S. The highest BCUT2D eigenvalue weighted by Crippen LogP contribution is 2.36. The van der Waals surface area contributed by atoms with Gasteiger partial charge in [0.15, 0.2) is 0 Å². The molecule has 7 nitrogen and oxygen atoms in total. The standard InChI is InChI=1S/C26H23FN4O3S/c1-16-4-6-17(7-5-16)23-25(30-24(32)18-8-11-20(27)12-9-18)35-26(29-23)31-28-15-19-10-13-21(33-2)14-22(19)34-3/h4-15H,1-3H3,(H,29,31)(H,30,32)/b28-15-. The lowest BCUT2D eigenvalue weighted by atomic mass is 10.1. The van der Waals surface area contributed by atoms with Crippen molar-refractivity contribution in [2.75, 3.05) is 25.0 Å². The summed E-state index contributed by atoms with van der Waals surface area (Å²) in [6, 6.07) is 18.6. The van der Waals surface area contributed by atoms with Gasteiger partial charge in [-0.25, -0.2) is 9.37 Å². The average molecular weight is 491 g/mol. The highest BCUT2D eigenvalue weighted by molar-refractivity contribution is 7.20. The van der Waals surface area contributed by atoms with Crippen LogP contribution in [-0.2, 0) is 0 Å². The summed E-state index contributed by atoms with van der Waals surface area (Å²) in [4.78, 5) is 17.4. The molecule has 1 heterocycles. The molecule has 0 spiro atoms. The molecule has 0 bridgehead atoms. The molecule has 0 aliphatic heterocycles. The Morgan fingerprint density at radius 2 is 1.77 bits per heavy atom. The molecule has 4 rings (SSSR count). The predicted molar refractivity (Wildman–Crippen MR) is 137 cm³/mol. The summed E-state index contributed by atoms with van der Waals surface area (Å²) in [6.45, 7) is 2.00. The summed E-state index contributed by atoms with van der Waals surface area (Å²) >= 11 is 1.24. The molecule has 4 aromatic rings. The van der Waals surface area contributed by atoms with Crippen molar-refractivity contribution in [3.63, 3.8) is 0 Å². The van der Waals surface area contributed by atoms with Gasteiger partial charge < -0.3 is 14.8 Å². The minimum absolute atomic E-state index is 0.341. The van der Waals surface area contributed by atoms with Crippen molar-refractivity contribution in [2.24, 2.45) is 5.10 Å². The smallest absolute Gasteiger partial charge is 0.256 e. The fourth-order valence-electron chi connectivity index (χ4n) is 3.22. The van der Waals surface area contributed by atoms with E-state index >= 15 is 0 Å². The summed E-state index contributed by atoms with van der Waals surface area (Å²) in [5.74, 6) is 0.523. The number of amides is 1. The number of carbonyl (C=O) groups excluding carboxylic acids is 1. The van der Waals surface area contributed by atoms with Gasteiger partial charge in [-0.1, -0.05) is 41.2 Å². The van der Waals surface area contributed by atoms with E-state index in [-0.39, 0.29) is 5.91 Å². The van der Waals surface area contributed by atoms with E-state index in [0.717, 1.165) is 16.7 Å². The van der Waals surface area contributed by atoms with Crippen LogP contribution in [0.1, 0.15) is 21.5 Å². The summed E-state index contributed by atoms with van der Waals surface area (Å²) < 4.78 is 23.9. The van der Waals surface area contributed by atoms with Crippen molar-refractivity contribution in [2.45, 2.75) is 6.92 Å². The van der Waals surface area contributed by atoms with Gasteiger partial charge in [0.05, 0.1) is 20.4 Å². The van der Waals surface area contributed by atoms with E-state index in [0.29, 0.717) is 32.9 Å². The van der Waals surface area contributed by atoms with Gasteiger partial charge in [0, 0.05) is 22.8 Å². The number of nitrogens with one attached hydrogen (secondary N) is 2.